The van der Waals surface area contributed by atoms with E-state index in [9.17, 15) is 4.39 Å². The molecule has 2 nitrogen and oxygen atoms in total. The minimum atomic E-state index is -0.125. The van der Waals surface area contributed by atoms with E-state index >= 15 is 0 Å². The van der Waals surface area contributed by atoms with Crippen LogP contribution < -0.4 is 5.32 Å². The summed E-state index contributed by atoms with van der Waals surface area (Å²) in [6.45, 7) is 4.55. The Morgan fingerprint density at radius 3 is 2.78 bits per heavy atom. The lowest BCUT2D eigenvalue weighted by Gasteiger charge is -2.31. The van der Waals surface area contributed by atoms with Gasteiger partial charge in [0.25, 0.3) is 0 Å². The van der Waals surface area contributed by atoms with Crippen LogP contribution in [0.25, 0.3) is 0 Å². The highest BCUT2D eigenvalue weighted by Gasteiger charge is 2.17. The molecular weight excluding hydrogens is 227 g/mol. The zero-order valence-corrected chi connectivity index (χ0v) is 11.2. The van der Waals surface area contributed by atoms with Crippen molar-refractivity contribution in [1.82, 2.24) is 10.2 Å². The SMILES string of the molecule is CNCC1CCN(CCc2cccc(F)c2)CC1. The molecular formula is C15H23FN2. The molecule has 0 spiro atoms. The summed E-state index contributed by atoms with van der Waals surface area (Å²) in [7, 11) is 2.02. The summed E-state index contributed by atoms with van der Waals surface area (Å²) < 4.78 is 13.0. The molecule has 0 atom stereocenters. The number of likely N-dealkylation sites (tertiary alicyclic amines) is 1. The second-order valence-electron chi connectivity index (χ2n) is 5.22. The van der Waals surface area contributed by atoms with Crippen LogP contribution >= 0.6 is 0 Å². The number of nitrogens with zero attached hydrogens (tertiary/aromatic N) is 1. The van der Waals surface area contributed by atoms with E-state index in [1.165, 1.54) is 32.0 Å². The minimum absolute atomic E-state index is 0.125. The van der Waals surface area contributed by atoms with Crippen molar-refractivity contribution in [2.45, 2.75) is 19.3 Å². The molecule has 3 heteroatoms. The largest absolute Gasteiger partial charge is 0.319 e. The highest BCUT2D eigenvalue weighted by molar-refractivity contribution is 5.16. The van der Waals surface area contributed by atoms with Crippen molar-refractivity contribution in [3.8, 4) is 0 Å². The van der Waals surface area contributed by atoms with Gasteiger partial charge in [-0.05, 0) is 69.6 Å². The van der Waals surface area contributed by atoms with E-state index in [-0.39, 0.29) is 5.82 Å². The average Bonchev–Trinajstić information content (AvgIpc) is 2.38. The number of hydrogen-bond donors (Lipinski definition) is 1. The van der Waals surface area contributed by atoms with Gasteiger partial charge in [-0.25, -0.2) is 4.39 Å². The van der Waals surface area contributed by atoms with Gasteiger partial charge in [0, 0.05) is 6.54 Å². The van der Waals surface area contributed by atoms with E-state index < -0.39 is 0 Å². The van der Waals surface area contributed by atoms with Crippen LogP contribution in [0.4, 0.5) is 4.39 Å². The van der Waals surface area contributed by atoms with E-state index in [0.717, 1.165) is 31.0 Å². The zero-order valence-electron chi connectivity index (χ0n) is 11.2. The van der Waals surface area contributed by atoms with E-state index in [0.29, 0.717) is 0 Å². The molecule has 2 rings (SSSR count). The van der Waals surface area contributed by atoms with E-state index in [4.69, 9.17) is 0 Å². The van der Waals surface area contributed by atoms with Crippen LogP contribution in [0.15, 0.2) is 24.3 Å². The number of hydrogen-bond acceptors (Lipinski definition) is 2. The van der Waals surface area contributed by atoms with Gasteiger partial charge in [0.1, 0.15) is 5.82 Å². The first-order chi connectivity index (χ1) is 8.78. The smallest absolute Gasteiger partial charge is 0.123 e. The van der Waals surface area contributed by atoms with Crippen molar-refractivity contribution in [1.29, 1.82) is 0 Å². The van der Waals surface area contributed by atoms with Gasteiger partial charge in [0.15, 0.2) is 0 Å². The van der Waals surface area contributed by atoms with Gasteiger partial charge in [-0.15, -0.1) is 0 Å². The van der Waals surface area contributed by atoms with E-state index in [1.54, 1.807) is 12.1 Å². The fraction of sp³-hybridized carbons (Fsp3) is 0.600. The standard InChI is InChI=1S/C15H23FN2/c1-17-12-14-6-9-18(10-7-14)8-5-13-3-2-4-15(16)11-13/h2-4,11,14,17H,5-10,12H2,1H3. The molecule has 1 aromatic rings. The normalized spacial score (nSPS) is 18.1. The van der Waals surface area contributed by atoms with Crippen LogP contribution in [-0.4, -0.2) is 38.1 Å². The lowest BCUT2D eigenvalue weighted by Crippen LogP contribution is -2.37. The van der Waals surface area contributed by atoms with E-state index in [2.05, 4.69) is 10.2 Å². The fourth-order valence-electron chi connectivity index (χ4n) is 2.68. The van der Waals surface area contributed by atoms with Gasteiger partial charge in [-0.3, -0.25) is 0 Å². The monoisotopic (exact) mass is 250 g/mol. The van der Waals surface area contributed by atoms with E-state index in [1.807, 2.05) is 13.1 Å². The molecule has 1 aliphatic rings. The highest BCUT2D eigenvalue weighted by Crippen LogP contribution is 2.16. The maximum atomic E-state index is 13.0. The van der Waals surface area contributed by atoms with Crippen LogP contribution in [-0.2, 0) is 6.42 Å². The van der Waals surface area contributed by atoms with Gasteiger partial charge in [0.2, 0.25) is 0 Å². The Morgan fingerprint density at radius 1 is 1.33 bits per heavy atom. The third-order valence-corrected chi connectivity index (χ3v) is 3.81. The van der Waals surface area contributed by atoms with Crippen molar-refractivity contribution in [2.75, 3.05) is 33.2 Å². The molecule has 1 saturated heterocycles. The third-order valence-electron chi connectivity index (χ3n) is 3.81. The van der Waals surface area contributed by atoms with Gasteiger partial charge >= 0.3 is 0 Å². The fourth-order valence-corrected chi connectivity index (χ4v) is 2.68. The molecule has 0 saturated carbocycles. The number of halogens is 1. The van der Waals surface area contributed by atoms with Gasteiger partial charge < -0.3 is 10.2 Å². The Morgan fingerprint density at radius 2 is 2.11 bits per heavy atom. The molecule has 1 N–H and O–H groups in total. The molecule has 0 amide bonds. The lowest BCUT2D eigenvalue weighted by atomic mass is 9.96. The highest BCUT2D eigenvalue weighted by atomic mass is 19.1. The van der Waals surface area contributed by atoms with Crippen molar-refractivity contribution in [2.24, 2.45) is 5.92 Å². The second kappa shape index (κ2) is 6.86. The number of benzene rings is 1. The quantitative estimate of drug-likeness (QED) is 0.862. The van der Waals surface area contributed by atoms with Gasteiger partial charge in [-0.1, -0.05) is 12.1 Å². The van der Waals surface area contributed by atoms with Crippen molar-refractivity contribution >= 4 is 0 Å². The van der Waals surface area contributed by atoms with Crippen LogP contribution in [0.2, 0.25) is 0 Å². The summed E-state index contributed by atoms with van der Waals surface area (Å²) in [6.07, 6.45) is 3.52. The first-order valence-electron chi connectivity index (χ1n) is 6.89. The molecule has 100 valence electrons. The van der Waals surface area contributed by atoms with Crippen LogP contribution in [0.5, 0.6) is 0 Å². The average molecular weight is 250 g/mol. The van der Waals surface area contributed by atoms with Gasteiger partial charge in [0.05, 0.1) is 0 Å². The summed E-state index contributed by atoms with van der Waals surface area (Å²) >= 11 is 0. The van der Waals surface area contributed by atoms with Crippen molar-refractivity contribution in [3.63, 3.8) is 0 Å². The molecule has 1 fully saturated rings. The Kier molecular flexibility index (Phi) is 5.14. The van der Waals surface area contributed by atoms with Gasteiger partial charge in [-0.2, -0.15) is 0 Å². The molecule has 1 aromatic carbocycles. The third kappa shape index (κ3) is 4.07. The summed E-state index contributed by atoms with van der Waals surface area (Å²) in [4.78, 5) is 2.50. The number of rotatable bonds is 5. The van der Waals surface area contributed by atoms with Crippen LogP contribution in [0.1, 0.15) is 18.4 Å². The Hall–Kier alpha value is -0.930. The number of piperidine rings is 1. The second-order valence-corrected chi connectivity index (χ2v) is 5.22. The molecule has 0 radical (unpaired) electrons. The first-order valence-corrected chi connectivity index (χ1v) is 6.89. The molecule has 1 heterocycles. The minimum Gasteiger partial charge on any atom is -0.319 e. The predicted molar refractivity (Wildman–Crippen MR) is 73.2 cm³/mol. The summed E-state index contributed by atoms with van der Waals surface area (Å²) in [5.74, 6) is 0.709. The molecule has 0 bridgehead atoms. The summed E-state index contributed by atoms with van der Waals surface area (Å²) in [6, 6.07) is 6.96. The Bertz CT molecular complexity index is 359. The lowest BCUT2D eigenvalue weighted by molar-refractivity contribution is 0.185. The van der Waals surface area contributed by atoms with Crippen molar-refractivity contribution in [3.05, 3.63) is 35.6 Å². The van der Waals surface area contributed by atoms with Crippen LogP contribution in [0.3, 0.4) is 0 Å². The molecule has 18 heavy (non-hydrogen) atoms. The maximum absolute atomic E-state index is 13.0. The summed E-state index contributed by atoms with van der Waals surface area (Å²) in [5, 5.41) is 3.26. The molecule has 1 aliphatic heterocycles. The maximum Gasteiger partial charge on any atom is 0.123 e. The predicted octanol–water partition coefficient (Wildman–Crippen LogP) is 2.30. The Labute approximate surface area is 109 Å². The first kappa shape index (κ1) is 13.5. The molecule has 0 unspecified atom stereocenters. The topological polar surface area (TPSA) is 15.3 Å². The molecule has 0 aromatic heterocycles. The van der Waals surface area contributed by atoms with Crippen LogP contribution in [0, 0.1) is 11.7 Å². The summed E-state index contributed by atoms with van der Waals surface area (Å²) in [5.41, 5.74) is 1.10. The molecule has 0 aliphatic carbocycles. The Balaban J connectivity index is 1.72. The van der Waals surface area contributed by atoms with Crippen molar-refractivity contribution < 1.29 is 4.39 Å². The zero-order chi connectivity index (χ0) is 12.8. The number of nitrogens with one attached hydrogen (secondary N) is 1.